The van der Waals surface area contributed by atoms with Gasteiger partial charge >= 0.3 is 0 Å². The van der Waals surface area contributed by atoms with Gasteiger partial charge in [-0.1, -0.05) is 18.2 Å². The molecule has 7 heteroatoms. The first kappa shape index (κ1) is 17.4. The van der Waals surface area contributed by atoms with Crippen LogP contribution < -0.4 is 5.43 Å². The third-order valence-electron chi connectivity index (χ3n) is 4.74. The van der Waals surface area contributed by atoms with Gasteiger partial charge in [0.05, 0.1) is 17.0 Å². The van der Waals surface area contributed by atoms with Crippen LogP contribution in [0.25, 0.3) is 32.8 Å². The first-order chi connectivity index (χ1) is 12.9. The highest BCUT2D eigenvalue weighted by molar-refractivity contribution is 7.72. The van der Waals surface area contributed by atoms with Gasteiger partial charge in [0, 0.05) is 41.3 Å². The van der Waals surface area contributed by atoms with Crippen molar-refractivity contribution in [2.45, 2.75) is 12.2 Å². The standard InChI is InChI=1S/C20H17N3O3S/c1-12(27(25)26)14-4-3-13-5-6-19-18(20(24)17(13)7-14)8-15(9-21-19)16-10-22-23(2)11-16/h3-12,27H,1-2H3. The van der Waals surface area contributed by atoms with Gasteiger partial charge in [-0.05, 0) is 36.1 Å². The number of hydrogen-bond acceptors (Lipinski definition) is 5. The molecule has 0 radical (unpaired) electrons. The van der Waals surface area contributed by atoms with Crippen LogP contribution in [-0.4, -0.2) is 23.2 Å². The van der Waals surface area contributed by atoms with E-state index in [1.807, 2.05) is 31.4 Å². The summed E-state index contributed by atoms with van der Waals surface area (Å²) >= 11 is 0. The maximum atomic E-state index is 13.2. The quantitative estimate of drug-likeness (QED) is 0.554. The molecule has 2 heterocycles. The van der Waals surface area contributed by atoms with Gasteiger partial charge in [0.15, 0.2) is 5.43 Å². The zero-order chi connectivity index (χ0) is 19.1. The summed E-state index contributed by atoms with van der Waals surface area (Å²) in [7, 11) is -0.781. The second-order valence-electron chi connectivity index (χ2n) is 6.53. The lowest BCUT2D eigenvalue weighted by atomic mass is 10.1. The third kappa shape index (κ3) is 3.10. The fourth-order valence-electron chi connectivity index (χ4n) is 3.13. The second-order valence-corrected chi connectivity index (χ2v) is 7.88. The van der Waals surface area contributed by atoms with Crippen molar-refractivity contribution in [3.63, 3.8) is 0 Å². The van der Waals surface area contributed by atoms with E-state index in [1.165, 1.54) is 0 Å². The Morgan fingerprint density at radius 3 is 2.48 bits per heavy atom. The summed E-state index contributed by atoms with van der Waals surface area (Å²) in [6.45, 7) is 1.61. The first-order valence-electron chi connectivity index (χ1n) is 8.43. The molecule has 0 N–H and O–H groups in total. The zero-order valence-corrected chi connectivity index (χ0v) is 15.7. The molecular formula is C20H17N3O3S. The maximum Gasteiger partial charge on any atom is 0.195 e. The fraction of sp³-hybridized carbons (Fsp3) is 0.150. The summed E-state index contributed by atoms with van der Waals surface area (Å²) in [6, 6.07) is 10.7. The molecular weight excluding hydrogens is 362 g/mol. The van der Waals surface area contributed by atoms with E-state index >= 15 is 0 Å². The number of thiol groups is 1. The smallest absolute Gasteiger partial charge is 0.195 e. The van der Waals surface area contributed by atoms with Gasteiger partial charge in [0.1, 0.15) is 10.7 Å². The summed E-state index contributed by atoms with van der Waals surface area (Å²) in [6.07, 6.45) is 5.30. The molecule has 0 saturated carbocycles. The Bertz CT molecular complexity index is 1320. The Kier molecular flexibility index (Phi) is 4.24. The van der Waals surface area contributed by atoms with E-state index in [0.29, 0.717) is 21.9 Å². The van der Waals surface area contributed by atoms with Crippen LogP contribution in [0.2, 0.25) is 0 Å². The largest absolute Gasteiger partial charge is 0.289 e. The Hall–Kier alpha value is -3.06. The van der Waals surface area contributed by atoms with E-state index in [4.69, 9.17) is 0 Å². The van der Waals surface area contributed by atoms with E-state index in [0.717, 1.165) is 16.5 Å². The Balaban J connectivity index is 2.02. The van der Waals surface area contributed by atoms with Crippen LogP contribution in [0.3, 0.4) is 0 Å². The van der Waals surface area contributed by atoms with Gasteiger partial charge < -0.3 is 0 Å². The fourth-order valence-corrected chi connectivity index (χ4v) is 3.53. The van der Waals surface area contributed by atoms with Crippen LogP contribution in [0, 0.1) is 0 Å². The first-order valence-corrected chi connectivity index (χ1v) is 9.68. The number of rotatable bonds is 3. The molecule has 0 saturated heterocycles. The number of benzene rings is 1. The molecule has 0 bridgehead atoms. The van der Waals surface area contributed by atoms with Gasteiger partial charge in [0.25, 0.3) is 0 Å². The topological polar surface area (TPSA) is 81.9 Å². The normalized spacial score (nSPS) is 12.7. The number of aromatic nitrogens is 3. The number of pyridine rings is 1. The van der Waals surface area contributed by atoms with E-state index in [1.54, 1.807) is 42.2 Å². The molecule has 4 aromatic rings. The molecule has 0 aliphatic rings. The molecule has 2 aromatic carbocycles. The molecule has 4 rings (SSSR count). The lowest BCUT2D eigenvalue weighted by Crippen LogP contribution is -2.02. The van der Waals surface area contributed by atoms with Crippen LogP contribution in [0.4, 0.5) is 0 Å². The minimum atomic E-state index is -2.61. The van der Waals surface area contributed by atoms with Crippen molar-refractivity contribution in [1.82, 2.24) is 14.8 Å². The predicted molar refractivity (Wildman–Crippen MR) is 106 cm³/mol. The van der Waals surface area contributed by atoms with Crippen LogP contribution in [-0.2, 0) is 17.8 Å². The average molecular weight is 379 g/mol. The molecule has 27 heavy (non-hydrogen) atoms. The summed E-state index contributed by atoms with van der Waals surface area (Å²) < 4.78 is 24.4. The van der Waals surface area contributed by atoms with E-state index < -0.39 is 16.0 Å². The highest BCUT2D eigenvalue weighted by atomic mass is 32.2. The van der Waals surface area contributed by atoms with Crippen LogP contribution >= 0.6 is 0 Å². The van der Waals surface area contributed by atoms with Crippen molar-refractivity contribution in [1.29, 1.82) is 0 Å². The summed E-state index contributed by atoms with van der Waals surface area (Å²) in [5.41, 5.74) is 2.71. The van der Waals surface area contributed by atoms with Gasteiger partial charge in [0.2, 0.25) is 0 Å². The number of aryl methyl sites for hydroxylation is 1. The Labute approximate surface area is 157 Å². The summed E-state index contributed by atoms with van der Waals surface area (Å²) in [4.78, 5) is 17.7. The van der Waals surface area contributed by atoms with Crippen molar-refractivity contribution < 1.29 is 8.42 Å². The van der Waals surface area contributed by atoms with Crippen molar-refractivity contribution in [2.75, 3.05) is 0 Å². The molecule has 0 fully saturated rings. The lowest BCUT2D eigenvalue weighted by Gasteiger charge is -2.04. The number of nitrogens with zero attached hydrogens (tertiary/aromatic N) is 3. The SMILES string of the molecule is CC(c1ccc2ccc3ncc(-c4cnn(C)c4)cc3c(=O)c2c1)[SH](=O)=O. The van der Waals surface area contributed by atoms with E-state index in [2.05, 4.69) is 10.1 Å². The molecule has 1 atom stereocenters. The number of fused-ring (bicyclic) bond motifs is 2. The predicted octanol–water partition coefficient (Wildman–Crippen LogP) is 2.82. The van der Waals surface area contributed by atoms with Crippen LogP contribution in [0.5, 0.6) is 0 Å². The minimum absolute atomic E-state index is 0.168. The van der Waals surface area contributed by atoms with Crippen LogP contribution in [0.15, 0.2) is 59.8 Å². The molecule has 0 aliphatic heterocycles. The maximum absolute atomic E-state index is 13.2. The summed E-state index contributed by atoms with van der Waals surface area (Å²) in [5, 5.41) is 5.23. The van der Waals surface area contributed by atoms with Crippen molar-refractivity contribution in [3.05, 3.63) is 70.8 Å². The molecule has 0 aliphatic carbocycles. The second kappa shape index (κ2) is 6.59. The molecule has 0 amide bonds. The van der Waals surface area contributed by atoms with E-state index in [9.17, 15) is 13.2 Å². The molecule has 6 nitrogen and oxygen atoms in total. The Morgan fingerprint density at radius 2 is 1.78 bits per heavy atom. The third-order valence-corrected chi connectivity index (χ3v) is 5.67. The zero-order valence-electron chi connectivity index (χ0n) is 14.8. The van der Waals surface area contributed by atoms with Crippen molar-refractivity contribution in [2.24, 2.45) is 7.05 Å². The van der Waals surface area contributed by atoms with Gasteiger partial charge in [-0.2, -0.15) is 5.10 Å². The van der Waals surface area contributed by atoms with Gasteiger partial charge in [-0.15, -0.1) is 0 Å². The summed E-state index contributed by atoms with van der Waals surface area (Å²) in [5.74, 6) is 0. The molecule has 136 valence electrons. The molecule has 0 spiro atoms. The molecule has 2 aromatic heterocycles. The number of hydrogen-bond donors (Lipinski definition) is 1. The lowest BCUT2D eigenvalue weighted by molar-refractivity contribution is 0.606. The van der Waals surface area contributed by atoms with Crippen molar-refractivity contribution in [3.8, 4) is 11.1 Å². The van der Waals surface area contributed by atoms with Gasteiger partial charge in [-0.25, -0.2) is 8.42 Å². The van der Waals surface area contributed by atoms with Crippen LogP contribution in [0.1, 0.15) is 17.7 Å². The minimum Gasteiger partial charge on any atom is -0.289 e. The van der Waals surface area contributed by atoms with Crippen molar-refractivity contribution >= 4 is 32.4 Å². The highest BCUT2D eigenvalue weighted by Gasteiger charge is 2.11. The van der Waals surface area contributed by atoms with E-state index in [-0.39, 0.29) is 5.43 Å². The Morgan fingerprint density at radius 1 is 1.00 bits per heavy atom. The highest BCUT2D eigenvalue weighted by Crippen LogP contribution is 2.24. The van der Waals surface area contributed by atoms with Gasteiger partial charge in [-0.3, -0.25) is 14.5 Å². The molecule has 1 unspecified atom stereocenters. The monoisotopic (exact) mass is 379 g/mol. The average Bonchev–Trinajstić information content (AvgIpc) is 3.05.